The third-order valence-electron chi connectivity index (χ3n) is 4.74. The van der Waals surface area contributed by atoms with Crippen LogP contribution in [-0.2, 0) is 14.6 Å². The van der Waals surface area contributed by atoms with Crippen LogP contribution in [0.4, 0.5) is 5.13 Å². The first-order valence-corrected chi connectivity index (χ1v) is 13.4. The summed E-state index contributed by atoms with van der Waals surface area (Å²) in [7, 11) is -0.728. The number of carbonyl (C=O) groups excluding carboxylic acids is 1. The number of amides is 1. The summed E-state index contributed by atoms with van der Waals surface area (Å²) < 4.78 is 49.1. The molecule has 0 radical (unpaired) electrons. The number of ether oxygens (including phenoxy) is 4. The van der Waals surface area contributed by atoms with Crippen molar-refractivity contribution in [1.82, 2.24) is 9.36 Å². The number of nitrogens with zero attached hydrogens (tertiary/aromatic N) is 3. The summed E-state index contributed by atoms with van der Waals surface area (Å²) in [5.41, 5.74) is 1.30. The highest BCUT2D eigenvalue weighted by molar-refractivity contribution is 7.90. The number of benzene rings is 2. The van der Waals surface area contributed by atoms with Crippen molar-refractivity contribution in [2.75, 3.05) is 39.0 Å². The van der Waals surface area contributed by atoms with E-state index in [0.717, 1.165) is 17.6 Å². The van der Waals surface area contributed by atoms with Crippen LogP contribution in [0, 0.1) is 18.3 Å². The number of nitrogens with one attached hydrogen (secondary N) is 1. The van der Waals surface area contributed by atoms with Gasteiger partial charge >= 0.3 is 0 Å². The monoisotopic (exact) mass is 544 g/mol. The molecule has 194 valence electrons. The van der Waals surface area contributed by atoms with Gasteiger partial charge in [0.05, 0.1) is 14.2 Å². The van der Waals surface area contributed by atoms with Gasteiger partial charge in [0.1, 0.15) is 30.6 Å². The van der Waals surface area contributed by atoms with Crippen LogP contribution < -0.4 is 24.3 Å². The second-order valence-electron chi connectivity index (χ2n) is 7.54. The zero-order valence-electron chi connectivity index (χ0n) is 20.5. The van der Waals surface area contributed by atoms with Crippen LogP contribution in [0.5, 0.6) is 23.0 Å². The summed E-state index contributed by atoms with van der Waals surface area (Å²) in [6.45, 7) is 2.48. The third kappa shape index (κ3) is 7.42. The van der Waals surface area contributed by atoms with E-state index in [4.69, 9.17) is 18.9 Å². The van der Waals surface area contributed by atoms with Gasteiger partial charge in [0.15, 0.2) is 11.5 Å². The van der Waals surface area contributed by atoms with Crippen LogP contribution in [0.1, 0.15) is 11.1 Å². The summed E-state index contributed by atoms with van der Waals surface area (Å²) in [5, 5.41) is 11.4. The van der Waals surface area contributed by atoms with Gasteiger partial charge in [-0.15, -0.1) is 0 Å². The van der Waals surface area contributed by atoms with E-state index in [9.17, 15) is 18.5 Å². The van der Waals surface area contributed by atoms with Crippen LogP contribution >= 0.6 is 11.5 Å². The molecular weight excluding hydrogens is 520 g/mol. The van der Waals surface area contributed by atoms with Gasteiger partial charge in [-0.1, -0.05) is 17.7 Å². The summed E-state index contributed by atoms with van der Waals surface area (Å²) in [4.78, 5) is 16.3. The van der Waals surface area contributed by atoms with Crippen molar-refractivity contribution in [3.8, 4) is 29.1 Å². The van der Waals surface area contributed by atoms with Gasteiger partial charge in [-0.25, -0.2) is 8.42 Å². The maximum atomic E-state index is 12.6. The van der Waals surface area contributed by atoms with E-state index in [1.54, 1.807) is 12.1 Å². The molecule has 11 nitrogen and oxygen atoms in total. The highest BCUT2D eigenvalue weighted by Crippen LogP contribution is 2.39. The van der Waals surface area contributed by atoms with Crippen LogP contribution in [0.25, 0.3) is 6.08 Å². The predicted molar refractivity (Wildman–Crippen MR) is 137 cm³/mol. The molecule has 0 fully saturated rings. The van der Waals surface area contributed by atoms with Crippen LogP contribution in [0.2, 0.25) is 0 Å². The van der Waals surface area contributed by atoms with Gasteiger partial charge in [0.2, 0.25) is 20.7 Å². The summed E-state index contributed by atoms with van der Waals surface area (Å²) >= 11 is 0.686. The molecule has 1 aromatic heterocycles. The highest BCUT2D eigenvalue weighted by atomic mass is 32.2. The maximum Gasteiger partial charge on any atom is 0.268 e. The number of nitriles is 1. The van der Waals surface area contributed by atoms with Crippen molar-refractivity contribution in [2.24, 2.45) is 0 Å². The fourth-order valence-electron chi connectivity index (χ4n) is 2.95. The molecule has 1 N–H and O–H groups in total. The third-order valence-corrected chi connectivity index (χ3v) is 6.33. The van der Waals surface area contributed by atoms with E-state index in [0.29, 0.717) is 34.3 Å². The van der Waals surface area contributed by atoms with Crippen molar-refractivity contribution in [2.45, 2.75) is 12.1 Å². The number of anilines is 1. The van der Waals surface area contributed by atoms with Crippen molar-refractivity contribution in [1.29, 1.82) is 5.26 Å². The number of aryl methyl sites for hydroxylation is 1. The van der Waals surface area contributed by atoms with Gasteiger partial charge in [-0.3, -0.25) is 10.1 Å². The highest BCUT2D eigenvalue weighted by Gasteiger charge is 2.19. The Morgan fingerprint density at radius 1 is 1.11 bits per heavy atom. The number of hydrogen-bond donors (Lipinski definition) is 1. The second kappa shape index (κ2) is 12.2. The van der Waals surface area contributed by atoms with Gasteiger partial charge < -0.3 is 18.9 Å². The Morgan fingerprint density at radius 2 is 1.73 bits per heavy atom. The van der Waals surface area contributed by atoms with Gasteiger partial charge in [0.25, 0.3) is 11.1 Å². The molecule has 0 aliphatic carbocycles. The number of rotatable bonds is 11. The maximum absolute atomic E-state index is 12.6. The smallest absolute Gasteiger partial charge is 0.268 e. The zero-order valence-corrected chi connectivity index (χ0v) is 22.1. The first-order valence-electron chi connectivity index (χ1n) is 10.7. The average Bonchev–Trinajstić information content (AvgIpc) is 3.35. The number of sulfone groups is 1. The van der Waals surface area contributed by atoms with Crippen molar-refractivity contribution in [3.05, 3.63) is 53.1 Å². The lowest BCUT2D eigenvalue weighted by atomic mass is 10.1. The number of methoxy groups -OCH3 is 2. The lowest BCUT2D eigenvalue weighted by Gasteiger charge is -2.16. The summed E-state index contributed by atoms with van der Waals surface area (Å²) in [6.07, 6.45) is 2.27. The van der Waals surface area contributed by atoms with E-state index in [-0.39, 0.29) is 23.9 Å². The Hall–Kier alpha value is -4.15. The molecule has 0 aliphatic heterocycles. The first-order chi connectivity index (χ1) is 17.6. The summed E-state index contributed by atoms with van der Waals surface area (Å²) in [5.74, 6) is 0.906. The number of carbonyl (C=O) groups is 1. The molecule has 1 heterocycles. The van der Waals surface area contributed by atoms with Gasteiger partial charge in [0, 0.05) is 17.8 Å². The predicted octanol–water partition coefficient (Wildman–Crippen LogP) is 3.27. The Bertz CT molecular complexity index is 1420. The van der Waals surface area contributed by atoms with Crippen LogP contribution in [0.15, 0.2) is 47.1 Å². The topological polar surface area (TPSA) is 150 Å². The fourth-order valence-corrected chi connectivity index (χ4v) is 4.39. The van der Waals surface area contributed by atoms with E-state index in [1.165, 1.54) is 20.3 Å². The average molecular weight is 545 g/mol. The lowest BCUT2D eigenvalue weighted by molar-refractivity contribution is -0.112. The molecule has 3 aromatic rings. The molecule has 1 amide bonds. The molecule has 0 bridgehead atoms. The Kier molecular flexibility index (Phi) is 9.05. The van der Waals surface area contributed by atoms with Gasteiger partial charge in [-0.05, 0) is 42.8 Å². The van der Waals surface area contributed by atoms with Crippen molar-refractivity contribution < 1.29 is 32.2 Å². The molecule has 37 heavy (non-hydrogen) atoms. The van der Waals surface area contributed by atoms with E-state index in [2.05, 4.69) is 14.7 Å². The van der Waals surface area contributed by atoms with Gasteiger partial charge in [-0.2, -0.15) is 14.6 Å². The molecule has 0 spiro atoms. The van der Waals surface area contributed by atoms with E-state index in [1.807, 2.05) is 37.3 Å². The molecule has 0 atom stereocenters. The second-order valence-corrected chi connectivity index (χ2v) is 10.2. The minimum Gasteiger partial charge on any atom is -0.493 e. The normalized spacial score (nSPS) is 11.4. The molecule has 0 unspecified atom stereocenters. The molecule has 0 saturated carbocycles. The van der Waals surface area contributed by atoms with Crippen LogP contribution in [0.3, 0.4) is 0 Å². The first kappa shape index (κ1) is 27.4. The van der Waals surface area contributed by atoms with Crippen molar-refractivity contribution >= 4 is 38.5 Å². The van der Waals surface area contributed by atoms with E-state index >= 15 is 0 Å². The largest absolute Gasteiger partial charge is 0.493 e. The van der Waals surface area contributed by atoms with Crippen LogP contribution in [-0.4, -0.2) is 57.4 Å². The Labute approximate surface area is 218 Å². The Morgan fingerprint density at radius 3 is 2.27 bits per heavy atom. The SMILES string of the molecule is COc1cc(C=C(C#N)C(=O)Nc2nc(S(C)(=O)=O)ns2)cc(OC)c1OCCOc1ccc(C)cc1. The minimum atomic E-state index is -3.63. The lowest BCUT2D eigenvalue weighted by Crippen LogP contribution is -2.13. The molecule has 0 saturated heterocycles. The minimum absolute atomic E-state index is 0.0571. The molecule has 0 aliphatic rings. The van der Waals surface area contributed by atoms with Crippen molar-refractivity contribution in [3.63, 3.8) is 0 Å². The quantitative estimate of drug-likeness (QED) is 0.216. The van der Waals surface area contributed by atoms with E-state index < -0.39 is 20.9 Å². The fraction of sp³-hybridized carbons (Fsp3) is 0.250. The molecule has 13 heteroatoms. The molecule has 3 rings (SSSR count). The standard InChI is InChI=1S/C24H24N4O7S2/c1-15-5-7-18(8-6-15)34-9-10-35-21-19(32-2)12-16(13-20(21)33-3)11-17(14-25)22(29)26-23-27-24(28-36-23)37(4,30)31/h5-8,11-13H,9-10H2,1-4H3,(H,26,27,28,29). The number of aromatic nitrogens is 2. The molecular formula is C24H24N4O7S2. The zero-order chi connectivity index (χ0) is 27.0. The summed E-state index contributed by atoms with van der Waals surface area (Å²) in [6, 6.07) is 12.6. The Balaban J connectivity index is 1.74. The molecule has 2 aromatic carbocycles. The number of hydrogen-bond acceptors (Lipinski definition) is 11.